The van der Waals surface area contributed by atoms with Gasteiger partial charge >= 0.3 is 0 Å². The molecule has 150 valence electrons. The number of rotatable bonds is 9. The second-order valence-electron chi connectivity index (χ2n) is 6.62. The first kappa shape index (κ1) is 21.7. The number of nitrogens with zero attached hydrogens (tertiary/aromatic N) is 2. The van der Waals surface area contributed by atoms with E-state index in [1.54, 1.807) is 43.4 Å². The third kappa shape index (κ3) is 6.55. The van der Waals surface area contributed by atoms with Crippen LogP contribution in [0.25, 0.3) is 0 Å². The van der Waals surface area contributed by atoms with Crippen molar-refractivity contribution in [2.24, 2.45) is 0 Å². The van der Waals surface area contributed by atoms with Gasteiger partial charge in [-0.05, 0) is 31.2 Å². The Balaban J connectivity index is 1.92. The molecule has 0 aliphatic heterocycles. The van der Waals surface area contributed by atoms with E-state index in [1.165, 1.54) is 4.90 Å². The van der Waals surface area contributed by atoms with Gasteiger partial charge in [0.1, 0.15) is 5.75 Å². The fourth-order valence-electron chi connectivity index (χ4n) is 2.78. The molecule has 2 amide bonds. The molecule has 7 heteroatoms. The molecule has 0 aromatic heterocycles. The van der Waals surface area contributed by atoms with Crippen molar-refractivity contribution in [1.82, 2.24) is 9.80 Å². The molecule has 0 fully saturated rings. The molecule has 2 aromatic carbocycles. The largest absolute Gasteiger partial charge is 0.508 e. The molecule has 0 saturated carbocycles. The topological polar surface area (TPSA) is 72.9 Å². The lowest BCUT2D eigenvalue weighted by Gasteiger charge is -2.25. The zero-order chi connectivity index (χ0) is 20.5. The van der Waals surface area contributed by atoms with Gasteiger partial charge in [0.2, 0.25) is 11.8 Å². The summed E-state index contributed by atoms with van der Waals surface area (Å²) in [5.74, 6) is -0.270. The first-order valence-corrected chi connectivity index (χ1v) is 9.56. The van der Waals surface area contributed by atoms with Crippen LogP contribution in [-0.4, -0.2) is 53.4 Å². The lowest BCUT2D eigenvalue weighted by molar-refractivity contribution is -0.134. The monoisotopic (exact) mass is 403 g/mol. The van der Waals surface area contributed by atoms with Crippen LogP contribution in [0.4, 0.5) is 5.69 Å². The van der Waals surface area contributed by atoms with Gasteiger partial charge in [-0.2, -0.15) is 0 Å². The molecule has 0 unspecified atom stereocenters. The summed E-state index contributed by atoms with van der Waals surface area (Å²) >= 11 is 6.04. The number of benzene rings is 2. The molecule has 0 heterocycles. The fraction of sp³-hybridized carbons (Fsp3) is 0.333. The van der Waals surface area contributed by atoms with Gasteiger partial charge < -0.3 is 15.3 Å². The van der Waals surface area contributed by atoms with Gasteiger partial charge in [0.05, 0.1) is 23.8 Å². The van der Waals surface area contributed by atoms with Crippen molar-refractivity contribution in [2.75, 3.05) is 32.0 Å². The number of amides is 2. The van der Waals surface area contributed by atoms with Crippen molar-refractivity contribution >= 4 is 29.1 Å². The highest BCUT2D eigenvalue weighted by Gasteiger charge is 2.18. The number of aromatic hydroxyl groups is 1. The van der Waals surface area contributed by atoms with Crippen LogP contribution in [0, 0.1) is 0 Å². The molecule has 0 saturated heterocycles. The maximum Gasteiger partial charge on any atom is 0.244 e. The van der Waals surface area contributed by atoms with Crippen molar-refractivity contribution in [1.29, 1.82) is 0 Å². The molecule has 2 aromatic rings. The Hall–Kier alpha value is -2.57. The van der Waals surface area contributed by atoms with Crippen LogP contribution in [0.2, 0.25) is 5.02 Å². The number of likely N-dealkylation sites (N-methyl/N-ethyl adjacent to an activating group) is 1. The Bertz CT molecular complexity index is 813. The predicted octanol–water partition coefficient (Wildman–Crippen LogP) is 3.35. The lowest BCUT2D eigenvalue weighted by atomic mass is 10.2. The van der Waals surface area contributed by atoms with Crippen molar-refractivity contribution in [3.05, 3.63) is 59.1 Å². The van der Waals surface area contributed by atoms with Crippen LogP contribution in [0.15, 0.2) is 48.5 Å². The van der Waals surface area contributed by atoms with Crippen molar-refractivity contribution in [2.45, 2.75) is 19.9 Å². The highest BCUT2D eigenvalue weighted by Crippen LogP contribution is 2.20. The van der Waals surface area contributed by atoms with Gasteiger partial charge in [-0.25, -0.2) is 0 Å². The molecular formula is C21H26ClN3O3. The van der Waals surface area contributed by atoms with Gasteiger partial charge in [0.25, 0.3) is 0 Å². The minimum Gasteiger partial charge on any atom is -0.508 e. The Labute approximate surface area is 170 Å². The smallest absolute Gasteiger partial charge is 0.244 e. The zero-order valence-electron chi connectivity index (χ0n) is 16.2. The molecule has 2 N–H and O–H groups in total. The molecular weight excluding hydrogens is 378 g/mol. The molecule has 0 radical (unpaired) electrons. The van der Waals surface area contributed by atoms with Crippen LogP contribution in [0.3, 0.4) is 0 Å². The van der Waals surface area contributed by atoms with E-state index in [0.29, 0.717) is 23.8 Å². The van der Waals surface area contributed by atoms with Gasteiger partial charge in [0.15, 0.2) is 0 Å². The summed E-state index contributed by atoms with van der Waals surface area (Å²) in [5, 5.41) is 13.1. The third-order valence-electron chi connectivity index (χ3n) is 4.24. The normalized spacial score (nSPS) is 10.7. The minimum atomic E-state index is -0.313. The number of halogens is 1. The molecule has 6 nitrogen and oxygen atoms in total. The quantitative estimate of drug-likeness (QED) is 0.673. The Morgan fingerprint density at radius 3 is 2.43 bits per heavy atom. The van der Waals surface area contributed by atoms with Gasteiger partial charge in [0, 0.05) is 19.2 Å². The number of carbonyl (C=O) groups excluding carboxylic acids is 2. The van der Waals surface area contributed by atoms with Gasteiger partial charge in [-0.15, -0.1) is 0 Å². The predicted molar refractivity (Wildman–Crippen MR) is 111 cm³/mol. The number of phenols is 1. The van der Waals surface area contributed by atoms with Crippen LogP contribution in [0.1, 0.15) is 18.9 Å². The summed E-state index contributed by atoms with van der Waals surface area (Å²) in [6, 6.07) is 14.0. The Morgan fingerprint density at radius 1 is 1.07 bits per heavy atom. The van der Waals surface area contributed by atoms with E-state index in [0.717, 1.165) is 12.0 Å². The van der Waals surface area contributed by atoms with E-state index in [9.17, 15) is 14.7 Å². The van der Waals surface area contributed by atoms with Crippen LogP contribution < -0.4 is 5.32 Å². The number of para-hydroxylation sites is 2. The van der Waals surface area contributed by atoms with Crippen molar-refractivity contribution in [3.63, 3.8) is 0 Å². The second-order valence-corrected chi connectivity index (χ2v) is 7.02. The van der Waals surface area contributed by atoms with E-state index >= 15 is 0 Å². The number of carbonyl (C=O) groups is 2. The van der Waals surface area contributed by atoms with Crippen LogP contribution >= 0.6 is 11.6 Å². The maximum absolute atomic E-state index is 12.6. The molecule has 2 rings (SSSR count). The molecule has 0 atom stereocenters. The van der Waals surface area contributed by atoms with Crippen molar-refractivity contribution < 1.29 is 14.7 Å². The maximum atomic E-state index is 12.6. The van der Waals surface area contributed by atoms with Gasteiger partial charge in [-0.1, -0.05) is 48.9 Å². The summed E-state index contributed by atoms with van der Waals surface area (Å²) in [5.41, 5.74) is 1.28. The van der Waals surface area contributed by atoms with Crippen LogP contribution in [0.5, 0.6) is 5.75 Å². The molecule has 0 aliphatic rings. The summed E-state index contributed by atoms with van der Waals surface area (Å²) in [7, 11) is 1.60. The van der Waals surface area contributed by atoms with E-state index < -0.39 is 0 Å². The number of phenolic OH excluding ortho intramolecular Hbond substituents is 1. The first-order chi connectivity index (χ1) is 13.4. The number of nitrogens with one attached hydrogen (secondary N) is 1. The van der Waals surface area contributed by atoms with E-state index in [4.69, 9.17) is 11.6 Å². The first-order valence-electron chi connectivity index (χ1n) is 9.18. The van der Waals surface area contributed by atoms with E-state index in [2.05, 4.69) is 5.32 Å². The summed E-state index contributed by atoms with van der Waals surface area (Å²) in [6.07, 6.45) is 0.873. The Kier molecular flexibility index (Phi) is 8.29. The summed E-state index contributed by atoms with van der Waals surface area (Å²) < 4.78 is 0. The minimum absolute atomic E-state index is 0.0688. The van der Waals surface area contributed by atoms with Gasteiger partial charge in [-0.3, -0.25) is 14.5 Å². The summed E-state index contributed by atoms with van der Waals surface area (Å²) in [4.78, 5) is 28.1. The third-order valence-corrected chi connectivity index (χ3v) is 4.57. The van der Waals surface area contributed by atoms with E-state index in [-0.39, 0.29) is 30.7 Å². The lowest BCUT2D eigenvalue weighted by Crippen LogP contribution is -2.41. The van der Waals surface area contributed by atoms with Crippen molar-refractivity contribution in [3.8, 4) is 5.75 Å². The highest BCUT2D eigenvalue weighted by molar-refractivity contribution is 6.33. The highest BCUT2D eigenvalue weighted by atomic mass is 35.5. The summed E-state index contributed by atoms with van der Waals surface area (Å²) in [6.45, 7) is 3.30. The second kappa shape index (κ2) is 10.7. The number of hydrogen-bond acceptors (Lipinski definition) is 4. The zero-order valence-corrected chi connectivity index (χ0v) is 16.9. The van der Waals surface area contributed by atoms with Crippen LogP contribution in [-0.2, 0) is 16.1 Å². The number of hydrogen-bond donors (Lipinski definition) is 2. The average molecular weight is 404 g/mol. The molecule has 0 spiro atoms. The number of anilines is 1. The SMILES string of the molecule is CCCN(CC(=O)N(C)CC(=O)Nc1ccccc1Cl)Cc1ccccc1O. The standard InChI is InChI=1S/C21H26ClN3O3/c1-3-12-25(13-16-8-4-7-11-19(16)26)15-21(28)24(2)14-20(27)23-18-10-6-5-9-17(18)22/h4-11,26H,3,12-15H2,1-2H3,(H,23,27). The molecule has 0 aliphatic carbocycles. The average Bonchev–Trinajstić information content (AvgIpc) is 2.65. The molecule has 28 heavy (non-hydrogen) atoms. The molecule has 0 bridgehead atoms. The fourth-order valence-corrected chi connectivity index (χ4v) is 2.97. The van der Waals surface area contributed by atoms with E-state index in [1.807, 2.05) is 24.0 Å². The Morgan fingerprint density at radius 2 is 1.75 bits per heavy atom.